The Morgan fingerprint density at radius 1 is 1.22 bits per heavy atom. The maximum absolute atomic E-state index is 12.8. The number of aliphatic carboxylic acids is 1. The van der Waals surface area contributed by atoms with Gasteiger partial charge in [0, 0.05) is 18.0 Å². The maximum Gasteiger partial charge on any atom is 0.336 e. The lowest BCUT2D eigenvalue weighted by Gasteiger charge is -2.31. The Kier molecular flexibility index (Phi) is 3.95. The molecular weight excluding hydrogens is 322 g/mol. The van der Waals surface area contributed by atoms with Gasteiger partial charge in [-0.15, -0.1) is 0 Å². The first-order valence-electron chi connectivity index (χ1n) is 7.18. The van der Waals surface area contributed by atoms with E-state index in [4.69, 9.17) is 4.42 Å². The molecule has 0 radical (unpaired) electrons. The fraction of sp³-hybridized carbons (Fsp3) is 0.333. The zero-order valence-corrected chi connectivity index (χ0v) is 13.0. The summed E-state index contributed by atoms with van der Waals surface area (Å²) < 4.78 is 31.6. The standard InChI is InChI=1S/C15H15NO6S/c17-14-7-4-10-9-11(5-6-13(10)22-14)23(20,21)16-8-2-1-3-12(16)15(18)19/h4-7,9,12H,1-3,8H2,(H,18,19). The van der Waals surface area contributed by atoms with Gasteiger partial charge in [0.25, 0.3) is 0 Å². The highest BCUT2D eigenvalue weighted by molar-refractivity contribution is 7.89. The van der Waals surface area contributed by atoms with Gasteiger partial charge in [0.05, 0.1) is 4.90 Å². The lowest BCUT2D eigenvalue weighted by Crippen LogP contribution is -2.47. The molecule has 7 nitrogen and oxygen atoms in total. The SMILES string of the molecule is O=C(O)C1CCCCN1S(=O)(=O)c1ccc2oc(=O)ccc2c1. The van der Waals surface area contributed by atoms with E-state index in [-0.39, 0.29) is 17.0 Å². The zero-order chi connectivity index (χ0) is 16.6. The fourth-order valence-corrected chi connectivity index (χ4v) is 4.47. The molecule has 0 aliphatic carbocycles. The van der Waals surface area contributed by atoms with E-state index in [0.29, 0.717) is 24.6 Å². The molecule has 1 fully saturated rings. The number of carbonyl (C=O) groups is 1. The van der Waals surface area contributed by atoms with Crippen molar-refractivity contribution in [1.82, 2.24) is 4.31 Å². The minimum atomic E-state index is -3.93. The number of hydrogen-bond acceptors (Lipinski definition) is 5. The second kappa shape index (κ2) is 5.78. The van der Waals surface area contributed by atoms with Crippen LogP contribution < -0.4 is 5.63 Å². The van der Waals surface area contributed by atoms with Crippen molar-refractivity contribution in [2.24, 2.45) is 0 Å². The molecule has 1 aromatic heterocycles. The van der Waals surface area contributed by atoms with E-state index >= 15 is 0 Å². The molecule has 1 aromatic carbocycles. The number of sulfonamides is 1. The summed E-state index contributed by atoms with van der Waals surface area (Å²) >= 11 is 0. The van der Waals surface area contributed by atoms with Crippen LogP contribution in [-0.2, 0) is 14.8 Å². The third-order valence-corrected chi connectivity index (χ3v) is 5.84. The Morgan fingerprint density at radius 3 is 2.74 bits per heavy atom. The number of carboxylic acid groups (broad SMARTS) is 1. The summed E-state index contributed by atoms with van der Waals surface area (Å²) in [6.45, 7) is 0.182. The number of piperidine rings is 1. The van der Waals surface area contributed by atoms with Gasteiger partial charge in [-0.3, -0.25) is 4.79 Å². The molecular formula is C15H15NO6S. The molecule has 23 heavy (non-hydrogen) atoms. The molecule has 8 heteroatoms. The molecule has 0 bridgehead atoms. The van der Waals surface area contributed by atoms with Crippen LogP contribution >= 0.6 is 0 Å². The quantitative estimate of drug-likeness (QED) is 0.849. The number of carboxylic acids is 1. The first-order chi connectivity index (χ1) is 10.9. The second-order valence-electron chi connectivity index (χ2n) is 5.42. The number of rotatable bonds is 3. The van der Waals surface area contributed by atoms with Crippen LogP contribution in [0.2, 0.25) is 0 Å². The van der Waals surface area contributed by atoms with Gasteiger partial charge >= 0.3 is 11.6 Å². The molecule has 1 unspecified atom stereocenters. The van der Waals surface area contributed by atoms with Crippen LogP contribution in [0.4, 0.5) is 0 Å². The summed E-state index contributed by atoms with van der Waals surface area (Å²) in [5, 5.41) is 9.73. The predicted octanol–water partition coefficient (Wildman–Crippen LogP) is 1.42. The van der Waals surface area contributed by atoms with Crippen LogP contribution in [0, 0.1) is 0 Å². The highest BCUT2D eigenvalue weighted by Gasteiger charge is 2.37. The van der Waals surface area contributed by atoms with E-state index in [1.165, 1.54) is 30.3 Å². The molecule has 122 valence electrons. The van der Waals surface area contributed by atoms with Crippen molar-refractivity contribution < 1.29 is 22.7 Å². The third kappa shape index (κ3) is 2.87. The summed E-state index contributed by atoms with van der Waals surface area (Å²) in [7, 11) is -3.93. The number of hydrogen-bond donors (Lipinski definition) is 1. The summed E-state index contributed by atoms with van der Waals surface area (Å²) in [5.74, 6) is -1.14. The van der Waals surface area contributed by atoms with Crippen LogP contribution in [-0.4, -0.2) is 36.4 Å². The molecule has 0 spiro atoms. The van der Waals surface area contributed by atoms with E-state index < -0.39 is 27.7 Å². The molecule has 1 saturated heterocycles. The second-order valence-corrected chi connectivity index (χ2v) is 7.31. The molecule has 2 heterocycles. The Balaban J connectivity index is 2.06. The molecule has 1 atom stereocenters. The first kappa shape index (κ1) is 15.7. The van der Waals surface area contributed by atoms with Crippen molar-refractivity contribution in [1.29, 1.82) is 0 Å². The van der Waals surface area contributed by atoms with E-state index in [1.807, 2.05) is 0 Å². The Labute approximate surface area is 132 Å². The molecule has 2 aromatic rings. The van der Waals surface area contributed by atoms with Gasteiger partial charge in [-0.1, -0.05) is 0 Å². The van der Waals surface area contributed by atoms with Gasteiger partial charge in [0.15, 0.2) is 0 Å². The van der Waals surface area contributed by atoms with Gasteiger partial charge in [0.2, 0.25) is 10.0 Å². The predicted molar refractivity (Wildman–Crippen MR) is 81.7 cm³/mol. The Hall–Kier alpha value is -2.19. The number of nitrogens with zero attached hydrogens (tertiary/aromatic N) is 1. The van der Waals surface area contributed by atoms with Gasteiger partial charge in [-0.25, -0.2) is 13.2 Å². The van der Waals surface area contributed by atoms with E-state index in [1.54, 1.807) is 0 Å². The highest BCUT2D eigenvalue weighted by Crippen LogP contribution is 2.27. The zero-order valence-electron chi connectivity index (χ0n) is 12.1. The monoisotopic (exact) mass is 337 g/mol. The van der Waals surface area contributed by atoms with E-state index in [9.17, 15) is 23.1 Å². The topological polar surface area (TPSA) is 105 Å². The van der Waals surface area contributed by atoms with Crippen LogP contribution in [0.15, 0.2) is 44.4 Å². The van der Waals surface area contributed by atoms with Gasteiger partial charge in [0.1, 0.15) is 11.6 Å². The minimum Gasteiger partial charge on any atom is -0.480 e. The maximum atomic E-state index is 12.8. The Bertz CT molecular complexity index is 917. The molecule has 1 N–H and O–H groups in total. The normalized spacial score (nSPS) is 19.7. The lowest BCUT2D eigenvalue weighted by molar-refractivity contribution is -0.142. The molecule has 3 rings (SSSR count). The summed E-state index contributed by atoms with van der Waals surface area (Å²) in [4.78, 5) is 22.5. The lowest BCUT2D eigenvalue weighted by atomic mass is 10.1. The largest absolute Gasteiger partial charge is 0.480 e. The van der Waals surface area contributed by atoms with Crippen molar-refractivity contribution in [3.63, 3.8) is 0 Å². The van der Waals surface area contributed by atoms with Crippen LogP contribution in [0.3, 0.4) is 0 Å². The summed E-state index contributed by atoms with van der Waals surface area (Å²) in [6, 6.07) is 5.77. The summed E-state index contributed by atoms with van der Waals surface area (Å²) in [5.41, 5.74) is -0.236. The van der Waals surface area contributed by atoms with Crippen molar-refractivity contribution in [2.75, 3.05) is 6.54 Å². The van der Waals surface area contributed by atoms with Crippen molar-refractivity contribution in [3.8, 4) is 0 Å². The first-order valence-corrected chi connectivity index (χ1v) is 8.62. The van der Waals surface area contributed by atoms with Crippen molar-refractivity contribution >= 4 is 27.0 Å². The average Bonchev–Trinajstić information content (AvgIpc) is 2.54. The smallest absolute Gasteiger partial charge is 0.336 e. The van der Waals surface area contributed by atoms with E-state index in [2.05, 4.69) is 0 Å². The number of benzene rings is 1. The fourth-order valence-electron chi connectivity index (χ4n) is 2.79. The van der Waals surface area contributed by atoms with Crippen LogP contribution in [0.5, 0.6) is 0 Å². The van der Waals surface area contributed by atoms with E-state index in [0.717, 1.165) is 4.31 Å². The Morgan fingerprint density at radius 2 is 2.00 bits per heavy atom. The van der Waals surface area contributed by atoms with Crippen molar-refractivity contribution in [2.45, 2.75) is 30.2 Å². The van der Waals surface area contributed by atoms with Crippen LogP contribution in [0.1, 0.15) is 19.3 Å². The minimum absolute atomic E-state index is 0.00741. The van der Waals surface area contributed by atoms with Gasteiger partial charge < -0.3 is 9.52 Å². The average molecular weight is 337 g/mol. The number of fused-ring (bicyclic) bond motifs is 1. The summed E-state index contributed by atoms with van der Waals surface area (Å²) in [6.07, 6.45) is 1.62. The third-order valence-electron chi connectivity index (χ3n) is 3.94. The molecule has 1 aliphatic heterocycles. The molecule has 0 saturated carbocycles. The van der Waals surface area contributed by atoms with Crippen LogP contribution in [0.25, 0.3) is 11.0 Å². The molecule has 0 amide bonds. The molecule has 1 aliphatic rings. The van der Waals surface area contributed by atoms with Crippen molar-refractivity contribution in [3.05, 3.63) is 40.8 Å². The van der Waals surface area contributed by atoms with Gasteiger partial charge in [-0.2, -0.15) is 4.31 Å². The highest BCUT2D eigenvalue weighted by atomic mass is 32.2. The van der Waals surface area contributed by atoms with Gasteiger partial charge in [-0.05, 0) is 43.5 Å².